The first kappa shape index (κ1) is 26.4. The van der Waals surface area contributed by atoms with Crippen LogP contribution in [0.2, 0.25) is 23.2 Å². The van der Waals surface area contributed by atoms with E-state index in [4.69, 9.17) is 14.0 Å². The molecule has 4 atom stereocenters. The first-order valence-corrected chi connectivity index (χ1v) is 15.7. The lowest BCUT2D eigenvalue weighted by Crippen LogP contribution is -2.61. The fourth-order valence-corrected chi connectivity index (χ4v) is 6.07. The molecule has 1 N–H and O–H groups in total. The molecule has 0 aliphatic carbocycles. The van der Waals surface area contributed by atoms with Crippen LogP contribution in [-0.4, -0.2) is 63.9 Å². The minimum atomic E-state index is -1.55. The number of carbonyl (C=O) groups is 2. The Morgan fingerprint density at radius 3 is 2.07 bits per heavy atom. The van der Waals surface area contributed by atoms with Gasteiger partial charge in [-0.3, -0.25) is 9.59 Å². The van der Waals surface area contributed by atoms with E-state index in [0.29, 0.717) is 12.2 Å². The number of hydrogen-bond acceptors (Lipinski definition) is 5. The molecule has 1 aliphatic heterocycles. The second-order valence-corrected chi connectivity index (χ2v) is 17.7. The molecule has 168 valence electrons. The molecule has 1 amide bonds. The van der Waals surface area contributed by atoms with E-state index in [1.807, 2.05) is 0 Å². The molecule has 1 saturated heterocycles. The Balaban J connectivity index is 2.97. The van der Waals surface area contributed by atoms with Gasteiger partial charge in [-0.1, -0.05) is 47.6 Å². The Kier molecular flexibility index (Phi) is 9.67. The van der Waals surface area contributed by atoms with Crippen molar-refractivity contribution in [3.05, 3.63) is 12.7 Å². The van der Waals surface area contributed by atoms with Gasteiger partial charge in [-0.25, -0.2) is 0 Å². The van der Waals surface area contributed by atoms with E-state index in [1.54, 1.807) is 17.8 Å². The van der Waals surface area contributed by atoms with Crippen molar-refractivity contribution < 1.29 is 23.5 Å². The number of carboxylic acids is 1. The third-order valence-corrected chi connectivity index (χ3v) is 13.2. The van der Waals surface area contributed by atoms with Crippen LogP contribution in [0.25, 0.3) is 0 Å². The second-order valence-electron chi connectivity index (χ2n) is 9.93. The molecule has 0 aromatic carbocycles. The fourth-order valence-electron chi connectivity index (χ4n) is 2.71. The Bertz CT molecular complexity index is 568. The molecular formula is C20H39NO5SSi2. The van der Waals surface area contributed by atoms with E-state index in [2.05, 4.69) is 61.2 Å². The molecule has 0 bridgehead atoms. The molecule has 0 aromatic rings. The van der Waals surface area contributed by atoms with E-state index >= 15 is 0 Å². The number of aliphatic carboxylic acids is 1. The zero-order valence-electron chi connectivity index (χ0n) is 19.2. The highest BCUT2D eigenvalue weighted by Gasteiger charge is 2.49. The quantitative estimate of drug-likeness (QED) is 0.218. The molecule has 0 radical (unpaired) electrons. The number of β-lactam (4-membered cyclic amide) rings is 1. The molecule has 0 aromatic heterocycles. The minimum absolute atomic E-state index is 0.0874. The lowest BCUT2D eigenvalue weighted by molar-refractivity contribution is -0.161. The summed E-state index contributed by atoms with van der Waals surface area (Å²) in [5, 5.41) is 9.13. The molecule has 1 aliphatic rings. The molecule has 1 fully saturated rings. The highest BCUT2D eigenvalue weighted by Crippen LogP contribution is 2.40. The van der Waals surface area contributed by atoms with Gasteiger partial charge in [-0.15, -0.1) is 18.3 Å². The SMILES string of the molecule is C=CCSC1C(CC(O[SiH](C)C(C)(C)C)O[SiH](C)C(C)(C)C)C(=O)N1CC(=O)O. The molecule has 0 saturated carbocycles. The van der Waals surface area contributed by atoms with Crippen LogP contribution >= 0.6 is 11.8 Å². The van der Waals surface area contributed by atoms with Crippen molar-refractivity contribution in [3.8, 4) is 0 Å². The smallest absolute Gasteiger partial charge is 0.323 e. The molecule has 9 heteroatoms. The Morgan fingerprint density at radius 1 is 1.21 bits per heavy atom. The first-order chi connectivity index (χ1) is 13.2. The van der Waals surface area contributed by atoms with Crippen molar-refractivity contribution in [2.45, 2.75) is 82.8 Å². The summed E-state index contributed by atoms with van der Waals surface area (Å²) in [4.78, 5) is 25.3. The maximum absolute atomic E-state index is 12.7. The van der Waals surface area contributed by atoms with Gasteiger partial charge in [0.25, 0.3) is 0 Å². The molecular weight excluding hydrogens is 422 g/mol. The van der Waals surface area contributed by atoms with Crippen molar-refractivity contribution >= 4 is 41.7 Å². The zero-order chi connectivity index (χ0) is 22.6. The van der Waals surface area contributed by atoms with Crippen LogP contribution in [0.4, 0.5) is 0 Å². The van der Waals surface area contributed by atoms with Crippen LogP contribution in [0.1, 0.15) is 48.0 Å². The highest BCUT2D eigenvalue weighted by atomic mass is 32.2. The Labute approximate surface area is 183 Å². The summed E-state index contributed by atoms with van der Waals surface area (Å²) in [6.45, 7) is 20.9. The number of rotatable bonds is 11. The number of amides is 1. The van der Waals surface area contributed by atoms with E-state index in [0.717, 1.165) is 0 Å². The van der Waals surface area contributed by atoms with Gasteiger partial charge < -0.3 is 18.9 Å². The maximum atomic E-state index is 12.7. The van der Waals surface area contributed by atoms with Crippen molar-refractivity contribution in [2.75, 3.05) is 12.3 Å². The lowest BCUT2D eigenvalue weighted by Gasteiger charge is -2.47. The van der Waals surface area contributed by atoms with Crippen LogP contribution in [0, 0.1) is 5.92 Å². The van der Waals surface area contributed by atoms with Crippen molar-refractivity contribution in [3.63, 3.8) is 0 Å². The second kappa shape index (κ2) is 10.6. The van der Waals surface area contributed by atoms with Gasteiger partial charge in [0.2, 0.25) is 5.91 Å². The van der Waals surface area contributed by atoms with Crippen molar-refractivity contribution in [1.29, 1.82) is 0 Å². The maximum Gasteiger partial charge on any atom is 0.323 e. The topological polar surface area (TPSA) is 76.1 Å². The van der Waals surface area contributed by atoms with Gasteiger partial charge >= 0.3 is 5.97 Å². The van der Waals surface area contributed by atoms with Gasteiger partial charge in [0, 0.05) is 12.2 Å². The van der Waals surface area contributed by atoms with Gasteiger partial charge in [0.15, 0.2) is 18.1 Å². The van der Waals surface area contributed by atoms with Gasteiger partial charge in [0.1, 0.15) is 12.8 Å². The van der Waals surface area contributed by atoms with Crippen LogP contribution in [0.3, 0.4) is 0 Å². The van der Waals surface area contributed by atoms with Crippen LogP contribution in [-0.2, 0) is 18.4 Å². The number of likely N-dealkylation sites (tertiary alicyclic amines) is 1. The summed E-state index contributed by atoms with van der Waals surface area (Å²) >= 11 is 1.55. The van der Waals surface area contributed by atoms with Gasteiger partial charge in [0.05, 0.1) is 11.3 Å². The number of carbonyl (C=O) groups excluding carboxylic acids is 1. The summed E-state index contributed by atoms with van der Waals surface area (Å²) < 4.78 is 12.9. The van der Waals surface area contributed by atoms with Crippen LogP contribution in [0.15, 0.2) is 12.7 Å². The fraction of sp³-hybridized carbons (Fsp3) is 0.800. The van der Waals surface area contributed by atoms with Crippen LogP contribution < -0.4 is 0 Å². The number of carboxylic acid groups (broad SMARTS) is 1. The predicted octanol–water partition coefficient (Wildman–Crippen LogP) is 3.83. The summed E-state index contributed by atoms with van der Waals surface area (Å²) in [6, 6.07) is 0. The lowest BCUT2D eigenvalue weighted by atomic mass is 9.94. The Hall–Kier alpha value is -0.616. The van der Waals surface area contributed by atoms with E-state index in [-0.39, 0.29) is 33.8 Å². The summed E-state index contributed by atoms with van der Waals surface area (Å²) in [5.74, 6) is -0.738. The Morgan fingerprint density at radius 2 is 1.69 bits per heavy atom. The molecule has 1 heterocycles. The number of nitrogens with zero attached hydrogens (tertiary/aromatic N) is 1. The standard InChI is InChI=1S/C20H39NO5SSi2/c1-10-11-27-18-14(17(24)21(18)13-15(22)23)12-16(25-28(8)19(2,3)4)26-29(9)20(5,6)7/h10,14,16,18,28-29H,1,11-13H2,2-9H3,(H,22,23). The van der Waals surface area contributed by atoms with Crippen molar-refractivity contribution in [2.24, 2.45) is 5.92 Å². The molecule has 4 unspecified atom stereocenters. The largest absolute Gasteiger partial charge is 0.480 e. The van der Waals surface area contributed by atoms with Crippen LogP contribution in [0.5, 0.6) is 0 Å². The highest BCUT2D eigenvalue weighted by molar-refractivity contribution is 8.00. The van der Waals surface area contributed by atoms with Gasteiger partial charge in [-0.05, 0) is 23.2 Å². The summed E-state index contributed by atoms with van der Waals surface area (Å²) in [5.41, 5.74) is 0. The summed E-state index contributed by atoms with van der Waals surface area (Å²) in [6.07, 6.45) is 1.84. The number of thioether (sulfide) groups is 1. The monoisotopic (exact) mass is 461 g/mol. The minimum Gasteiger partial charge on any atom is -0.480 e. The predicted molar refractivity (Wildman–Crippen MR) is 125 cm³/mol. The molecule has 29 heavy (non-hydrogen) atoms. The van der Waals surface area contributed by atoms with E-state index < -0.39 is 30.3 Å². The van der Waals surface area contributed by atoms with Crippen molar-refractivity contribution in [1.82, 2.24) is 4.90 Å². The molecule has 1 rings (SSSR count). The van der Waals surface area contributed by atoms with E-state index in [1.165, 1.54) is 4.90 Å². The van der Waals surface area contributed by atoms with E-state index in [9.17, 15) is 9.59 Å². The summed E-state index contributed by atoms with van der Waals surface area (Å²) in [7, 11) is -3.11. The zero-order valence-corrected chi connectivity index (χ0v) is 22.4. The normalized spacial score (nSPS) is 23.3. The third-order valence-electron chi connectivity index (χ3n) is 5.54. The molecule has 0 spiro atoms. The van der Waals surface area contributed by atoms with Gasteiger partial charge in [-0.2, -0.15) is 0 Å². The molecule has 6 nitrogen and oxygen atoms in total. The third kappa shape index (κ3) is 7.86. The number of hydrogen-bond donors (Lipinski definition) is 1. The average Bonchev–Trinajstić information content (AvgIpc) is 2.57. The first-order valence-electron chi connectivity index (χ1n) is 10.2. The average molecular weight is 462 g/mol.